The number of carbonyl (C=O) groups is 1. The van der Waals surface area contributed by atoms with Crippen LogP contribution in [0, 0.1) is 5.92 Å². The molecular weight excluding hydrogens is 188 g/mol. The summed E-state index contributed by atoms with van der Waals surface area (Å²) in [5, 5.41) is 2.91. The summed E-state index contributed by atoms with van der Waals surface area (Å²) in [6, 6.07) is 3.70. The summed E-state index contributed by atoms with van der Waals surface area (Å²) in [4.78, 5) is 15.8. The quantitative estimate of drug-likeness (QED) is 0.804. The smallest absolute Gasteiger partial charge is 0.227 e. The molecule has 1 heterocycles. The van der Waals surface area contributed by atoms with Gasteiger partial charge >= 0.3 is 0 Å². The van der Waals surface area contributed by atoms with Crippen LogP contribution in [0.3, 0.4) is 0 Å². The van der Waals surface area contributed by atoms with Gasteiger partial charge in [-0.1, -0.05) is 19.3 Å². The zero-order chi connectivity index (χ0) is 10.5. The molecule has 0 radical (unpaired) electrons. The van der Waals surface area contributed by atoms with Crippen molar-refractivity contribution in [3.05, 3.63) is 24.5 Å². The SMILES string of the molecule is O=C(Nc1cccnc1)C1CCCCC1. The molecule has 3 nitrogen and oxygen atoms in total. The summed E-state index contributed by atoms with van der Waals surface area (Å²) >= 11 is 0. The minimum atomic E-state index is 0.155. The van der Waals surface area contributed by atoms with Crippen LogP contribution < -0.4 is 5.32 Å². The number of nitrogens with zero attached hydrogens (tertiary/aromatic N) is 1. The molecule has 3 heteroatoms. The van der Waals surface area contributed by atoms with Crippen LogP contribution in [0.5, 0.6) is 0 Å². The van der Waals surface area contributed by atoms with Crippen LogP contribution >= 0.6 is 0 Å². The Hall–Kier alpha value is -1.38. The van der Waals surface area contributed by atoms with E-state index in [0.717, 1.165) is 18.5 Å². The highest BCUT2D eigenvalue weighted by Crippen LogP contribution is 2.24. The van der Waals surface area contributed by atoms with E-state index in [1.165, 1.54) is 19.3 Å². The first kappa shape index (κ1) is 10.1. The van der Waals surface area contributed by atoms with Gasteiger partial charge in [-0.25, -0.2) is 0 Å². The highest BCUT2D eigenvalue weighted by atomic mass is 16.1. The molecule has 15 heavy (non-hydrogen) atoms. The first-order chi connectivity index (χ1) is 7.36. The van der Waals surface area contributed by atoms with E-state index in [1.54, 1.807) is 12.4 Å². The standard InChI is InChI=1S/C12H16N2O/c15-12(10-5-2-1-3-6-10)14-11-7-4-8-13-9-11/h4,7-10H,1-3,5-6H2,(H,14,15). The summed E-state index contributed by atoms with van der Waals surface area (Å²) in [7, 11) is 0. The molecule has 0 aliphatic heterocycles. The van der Waals surface area contributed by atoms with Gasteiger partial charge in [-0.05, 0) is 25.0 Å². The number of nitrogens with one attached hydrogen (secondary N) is 1. The number of carbonyl (C=O) groups excluding carboxylic acids is 1. The van der Waals surface area contributed by atoms with Crippen LogP contribution in [0.2, 0.25) is 0 Å². The molecule has 1 saturated carbocycles. The Balaban J connectivity index is 1.91. The topological polar surface area (TPSA) is 42.0 Å². The molecule has 1 aliphatic rings. The maximum absolute atomic E-state index is 11.8. The summed E-state index contributed by atoms with van der Waals surface area (Å²) in [6.45, 7) is 0. The van der Waals surface area contributed by atoms with Crippen LogP contribution in [0.1, 0.15) is 32.1 Å². The van der Waals surface area contributed by atoms with E-state index < -0.39 is 0 Å². The van der Waals surface area contributed by atoms with E-state index >= 15 is 0 Å². The number of amides is 1. The largest absolute Gasteiger partial charge is 0.324 e. The minimum Gasteiger partial charge on any atom is -0.324 e. The Labute approximate surface area is 89.9 Å². The summed E-state index contributed by atoms with van der Waals surface area (Å²) < 4.78 is 0. The lowest BCUT2D eigenvalue weighted by atomic mass is 9.88. The van der Waals surface area contributed by atoms with E-state index in [9.17, 15) is 4.79 Å². The Bertz CT molecular complexity index is 318. The van der Waals surface area contributed by atoms with Crippen LogP contribution in [-0.4, -0.2) is 10.9 Å². The lowest BCUT2D eigenvalue weighted by molar-refractivity contribution is -0.120. The van der Waals surface area contributed by atoms with Gasteiger partial charge < -0.3 is 5.32 Å². The van der Waals surface area contributed by atoms with Crippen molar-refractivity contribution in [3.8, 4) is 0 Å². The van der Waals surface area contributed by atoms with Crippen LogP contribution in [0.15, 0.2) is 24.5 Å². The fourth-order valence-electron chi connectivity index (χ4n) is 2.05. The predicted octanol–water partition coefficient (Wildman–Crippen LogP) is 2.60. The fourth-order valence-corrected chi connectivity index (χ4v) is 2.05. The summed E-state index contributed by atoms with van der Waals surface area (Å²) in [5.74, 6) is 0.363. The molecule has 1 amide bonds. The van der Waals surface area contributed by atoms with Crippen molar-refractivity contribution in [1.82, 2.24) is 4.98 Å². The minimum absolute atomic E-state index is 0.155. The highest BCUT2D eigenvalue weighted by molar-refractivity contribution is 5.92. The van der Waals surface area contributed by atoms with Crippen LogP contribution in [0.25, 0.3) is 0 Å². The molecule has 2 rings (SSSR count). The second-order valence-electron chi connectivity index (χ2n) is 4.07. The molecular formula is C12H16N2O. The Kier molecular flexibility index (Phi) is 3.33. The van der Waals surface area contributed by atoms with Crippen molar-refractivity contribution in [1.29, 1.82) is 0 Å². The van der Waals surface area contributed by atoms with Gasteiger partial charge in [-0.3, -0.25) is 9.78 Å². The maximum atomic E-state index is 11.8. The molecule has 1 aromatic rings. The van der Waals surface area contributed by atoms with Crippen molar-refractivity contribution >= 4 is 11.6 Å². The average molecular weight is 204 g/mol. The van der Waals surface area contributed by atoms with E-state index in [4.69, 9.17) is 0 Å². The Morgan fingerprint density at radius 2 is 2.13 bits per heavy atom. The van der Waals surface area contributed by atoms with Gasteiger partial charge in [0.25, 0.3) is 0 Å². The van der Waals surface area contributed by atoms with Gasteiger partial charge in [-0.15, -0.1) is 0 Å². The Morgan fingerprint density at radius 1 is 1.33 bits per heavy atom. The summed E-state index contributed by atoms with van der Waals surface area (Å²) in [5.41, 5.74) is 0.799. The van der Waals surface area contributed by atoms with E-state index in [0.29, 0.717) is 0 Å². The number of rotatable bonds is 2. The fraction of sp³-hybridized carbons (Fsp3) is 0.500. The van der Waals surface area contributed by atoms with Gasteiger partial charge in [0.1, 0.15) is 0 Å². The molecule has 0 saturated heterocycles. The molecule has 1 aromatic heterocycles. The van der Waals surface area contributed by atoms with Gasteiger partial charge in [0.15, 0.2) is 0 Å². The Morgan fingerprint density at radius 3 is 2.80 bits per heavy atom. The molecule has 0 aromatic carbocycles. The zero-order valence-corrected chi connectivity index (χ0v) is 8.78. The zero-order valence-electron chi connectivity index (χ0n) is 8.78. The number of anilines is 1. The lowest BCUT2D eigenvalue weighted by Gasteiger charge is -2.20. The molecule has 1 fully saturated rings. The third-order valence-electron chi connectivity index (χ3n) is 2.91. The second-order valence-corrected chi connectivity index (χ2v) is 4.07. The highest BCUT2D eigenvalue weighted by Gasteiger charge is 2.20. The van der Waals surface area contributed by atoms with Crippen molar-refractivity contribution in [2.24, 2.45) is 5.92 Å². The predicted molar refractivity (Wildman–Crippen MR) is 59.4 cm³/mol. The lowest BCUT2D eigenvalue weighted by Crippen LogP contribution is -2.24. The molecule has 0 spiro atoms. The van der Waals surface area contributed by atoms with Gasteiger partial charge in [0.05, 0.1) is 11.9 Å². The molecule has 1 N–H and O–H groups in total. The first-order valence-electron chi connectivity index (χ1n) is 5.57. The average Bonchev–Trinajstić information content (AvgIpc) is 2.31. The number of aromatic nitrogens is 1. The van der Waals surface area contributed by atoms with E-state index in [1.807, 2.05) is 12.1 Å². The van der Waals surface area contributed by atoms with Crippen LogP contribution in [0.4, 0.5) is 5.69 Å². The number of hydrogen-bond donors (Lipinski definition) is 1. The van der Waals surface area contributed by atoms with Crippen molar-refractivity contribution in [2.45, 2.75) is 32.1 Å². The maximum Gasteiger partial charge on any atom is 0.227 e. The third kappa shape index (κ3) is 2.78. The molecule has 0 bridgehead atoms. The van der Waals surface area contributed by atoms with E-state index in [-0.39, 0.29) is 11.8 Å². The second kappa shape index (κ2) is 4.91. The summed E-state index contributed by atoms with van der Waals surface area (Å²) in [6.07, 6.45) is 9.10. The van der Waals surface area contributed by atoms with Gasteiger partial charge in [0.2, 0.25) is 5.91 Å². The molecule has 1 aliphatic carbocycles. The van der Waals surface area contributed by atoms with Gasteiger partial charge in [-0.2, -0.15) is 0 Å². The number of pyridine rings is 1. The van der Waals surface area contributed by atoms with Crippen molar-refractivity contribution in [2.75, 3.05) is 5.32 Å². The van der Waals surface area contributed by atoms with E-state index in [2.05, 4.69) is 10.3 Å². The monoisotopic (exact) mass is 204 g/mol. The molecule has 80 valence electrons. The van der Waals surface area contributed by atoms with Crippen LogP contribution in [-0.2, 0) is 4.79 Å². The number of hydrogen-bond acceptors (Lipinski definition) is 2. The molecule has 0 unspecified atom stereocenters. The normalized spacial score (nSPS) is 17.3. The molecule has 0 atom stereocenters. The first-order valence-corrected chi connectivity index (χ1v) is 5.57. The van der Waals surface area contributed by atoms with Crippen molar-refractivity contribution in [3.63, 3.8) is 0 Å². The third-order valence-corrected chi connectivity index (χ3v) is 2.91. The van der Waals surface area contributed by atoms with Crippen molar-refractivity contribution < 1.29 is 4.79 Å². The van der Waals surface area contributed by atoms with Gasteiger partial charge in [0, 0.05) is 12.1 Å².